The summed E-state index contributed by atoms with van der Waals surface area (Å²) in [6.45, 7) is 1.66. The lowest BCUT2D eigenvalue weighted by molar-refractivity contribution is -0.140. The van der Waals surface area contributed by atoms with E-state index in [1.54, 1.807) is 17.0 Å². The van der Waals surface area contributed by atoms with Gasteiger partial charge >= 0.3 is 5.97 Å². The average molecular weight is 357 g/mol. The molecule has 0 unspecified atom stereocenters. The van der Waals surface area contributed by atoms with Crippen molar-refractivity contribution in [2.24, 2.45) is 0 Å². The van der Waals surface area contributed by atoms with Gasteiger partial charge in [0.25, 0.3) is 5.91 Å². The second-order valence-corrected chi connectivity index (χ2v) is 5.84. The summed E-state index contributed by atoms with van der Waals surface area (Å²) in [4.78, 5) is 27.5. The maximum Gasteiger partial charge on any atom is 0.307 e. The van der Waals surface area contributed by atoms with E-state index in [9.17, 15) is 9.59 Å². The molecule has 1 amide bonds. The second-order valence-electron chi connectivity index (χ2n) is 4.93. The van der Waals surface area contributed by atoms with Gasteiger partial charge in [0.05, 0.1) is 13.5 Å². The Morgan fingerprint density at radius 1 is 1.10 bits per heavy atom. The van der Waals surface area contributed by atoms with E-state index in [2.05, 4.69) is 20.7 Å². The monoisotopic (exact) mass is 356 g/mol. The number of hydrogen-bond acceptors (Lipinski definition) is 4. The van der Waals surface area contributed by atoms with Crippen molar-refractivity contribution in [3.63, 3.8) is 0 Å². The number of rotatable bonds is 7. The van der Waals surface area contributed by atoms with Crippen LogP contribution in [0.1, 0.15) is 16.8 Å². The number of esters is 1. The van der Waals surface area contributed by atoms with Crippen molar-refractivity contribution in [1.82, 2.24) is 9.80 Å². The molecule has 116 valence electrons. The third-order valence-corrected chi connectivity index (χ3v) is 3.54. The summed E-state index contributed by atoms with van der Waals surface area (Å²) in [6.07, 6.45) is 0.201. The lowest BCUT2D eigenvalue weighted by Crippen LogP contribution is -2.38. The fraction of sp³-hybridized carbons (Fsp3) is 0.467. The van der Waals surface area contributed by atoms with Crippen molar-refractivity contribution in [1.29, 1.82) is 0 Å². The van der Waals surface area contributed by atoms with Crippen molar-refractivity contribution in [3.8, 4) is 0 Å². The van der Waals surface area contributed by atoms with Gasteiger partial charge in [-0.3, -0.25) is 9.59 Å². The number of nitrogens with zero attached hydrogens (tertiary/aromatic N) is 2. The fourth-order valence-corrected chi connectivity index (χ4v) is 2.00. The molecule has 0 spiro atoms. The summed E-state index contributed by atoms with van der Waals surface area (Å²) < 4.78 is 5.56. The minimum atomic E-state index is -0.312. The van der Waals surface area contributed by atoms with Crippen molar-refractivity contribution >= 4 is 27.8 Å². The van der Waals surface area contributed by atoms with Crippen LogP contribution in [-0.2, 0) is 9.53 Å². The van der Waals surface area contributed by atoms with Crippen molar-refractivity contribution < 1.29 is 14.3 Å². The Hall–Kier alpha value is -1.40. The number of hydrogen-bond donors (Lipinski definition) is 0. The van der Waals surface area contributed by atoms with Gasteiger partial charge in [-0.05, 0) is 38.4 Å². The van der Waals surface area contributed by atoms with Gasteiger partial charge in [-0.1, -0.05) is 15.9 Å². The van der Waals surface area contributed by atoms with Gasteiger partial charge in [0, 0.05) is 29.7 Å². The van der Waals surface area contributed by atoms with E-state index in [0.29, 0.717) is 18.7 Å². The summed E-state index contributed by atoms with van der Waals surface area (Å²) in [6, 6.07) is 7.20. The average Bonchev–Trinajstić information content (AvgIpc) is 2.46. The van der Waals surface area contributed by atoms with E-state index in [0.717, 1.165) is 11.0 Å². The Bertz CT molecular complexity index is 474. The molecule has 0 heterocycles. The highest BCUT2D eigenvalue weighted by molar-refractivity contribution is 9.10. The van der Waals surface area contributed by atoms with Crippen LogP contribution in [0.2, 0.25) is 0 Å². The molecule has 0 aliphatic heterocycles. The maximum atomic E-state index is 12.5. The van der Waals surface area contributed by atoms with Crippen LogP contribution in [0.25, 0.3) is 0 Å². The van der Waals surface area contributed by atoms with Crippen molar-refractivity contribution in [2.45, 2.75) is 6.42 Å². The molecule has 1 aromatic rings. The van der Waals surface area contributed by atoms with Crippen LogP contribution in [-0.4, -0.2) is 62.5 Å². The molecule has 0 N–H and O–H groups in total. The molecular formula is C15H21BrN2O3. The molecule has 0 aliphatic rings. The smallest absolute Gasteiger partial charge is 0.307 e. The number of carbonyl (C=O) groups is 2. The zero-order valence-electron chi connectivity index (χ0n) is 12.6. The fourth-order valence-electron chi connectivity index (χ4n) is 1.74. The molecule has 6 heteroatoms. The van der Waals surface area contributed by atoms with Crippen molar-refractivity contribution in [2.75, 3.05) is 40.8 Å². The summed E-state index contributed by atoms with van der Waals surface area (Å²) in [5.74, 6) is -0.387. The first-order valence-corrected chi connectivity index (χ1v) is 7.49. The molecule has 0 radical (unpaired) electrons. The third kappa shape index (κ3) is 6.27. The van der Waals surface area contributed by atoms with Crippen LogP contribution in [0.5, 0.6) is 0 Å². The number of halogens is 1. The molecule has 0 fully saturated rings. The molecule has 0 atom stereocenters. The molecular weight excluding hydrogens is 336 g/mol. The number of carbonyl (C=O) groups excluding carboxylic acids is 2. The summed E-state index contributed by atoms with van der Waals surface area (Å²) in [5.41, 5.74) is 0.613. The van der Waals surface area contributed by atoms with Crippen LogP contribution >= 0.6 is 15.9 Å². The van der Waals surface area contributed by atoms with Gasteiger partial charge in [0.2, 0.25) is 0 Å². The number of ether oxygens (including phenoxy) is 1. The van der Waals surface area contributed by atoms with Gasteiger partial charge in [-0.2, -0.15) is 0 Å². The Balaban J connectivity index is 2.75. The predicted molar refractivity (Wildman–Crippen MR) is 85.2 cm³/mol. The predicted octanol–water partition coefficient (Wildman–Crippen LogP) is 2.02. The highest BCUT2D eigenvalue weighted by Gasteiger charge is 2.17. The minimum absolute atomic E-state index is 0.0757. The molecule has 0 aliphatic carbocycles. The molecule has 0 aromatic heterocycles. The molecule has 0 saturated carbocycles. The summed E-state index contributed by atoms with van der Waals surface area (Å²) >= 11 is 3.35. The van der Waals surface area contributed by atoms with E-state index in [-0.39, 0.29) is 18.3 Å². The highest BCUT2D eigenvalue weighted by atomic mass is 79.9. The number of benzene rings is 1. The number of amides is 1. The molecule has 1 rings (SSSR count). The SMILES string of the molecule is COC(=O)CCN(CCN(C)C)C(=O)c1ccc(Br)cc1. The van der Waals surface area contributed by atoms with Crippen molar-refractivity contribution in [3.05, 3.63) is 34.3 Å². The highest BCUT2D eigenvalue weighted by Crippen LogP contribution is 2.12. The standard InChI is InChI=1S/C15H21BrN2O3/c1-17(2)10-11-18(9-8-14(19)21-3)15(20)12-4-6-13(16)7-5-12/h4-7H,8-11H2,1-3H3. The summed E-state index contributed by atoms with van der Waals surface area (Å²) in [7, 11) is 5.24. The first kappa shape index (κ1) is 17.7. The molecule has 0 saturated heterocycles. The minimum Gasteiger partial charge on any atom is -0.469 e. The Kier molecular flexibility index (Phi) is 7.39. The van der Waals surface area contributed by atoms with E-state index in [4.69, 9.17) is 0 Å². The van der Waals surface area contributed by atoms with Gasteiger partial charge in [0.1, 0.15) is 0 Å². The maximum absolute atomic E-state index is 12.5. The van der Waals surface area contributed by atoms with Crippen LogP contribution < -0.4 is 0 Å². The number of methoxy groups -OCH3 is 1. The van der Waals surface area contributed by atoms with Crippen LogP contribution in [0.4, 0.5) is 0 Å². The van der Waals surface area contributed by atoms with Gasteiger partial charge in [-0.25, -0.2) is 0 Å². The van der Waals surface area contributed by atoms with Gasteiger partial charge < -0.3 is 14.5 Å². The molecule has 1 aromatic carbocycles. The quantitative estimate of drug-likeness (QED) is 0.701. The first-order valence-electron chi connectivity index (χ1n) is 6.70. The molecule has 0 bridgehead atoms. The third-order valence-electron chi connectivity index (χ3n) is 3.01. The van der Waals surface area contributed by atoms with E-state index in [1.807, 2.05) is 31.1 Å². The van der Waals surface area contributed by atoms with E-state index < -0.39 is 0 Å². The Labute approximate surface area is 134 Å². The lowest BCUT2D eigenvalue weighted by Gasteiger charge is -2.24. The lowest BCUT2D eigenvalue weighted by atomic mass is 10.2. The first-order chi connectivity index (χ1) is 9.93. The Morgan fingerprint density at radius 2 is 1.71 bits per heavy atom. The number of likely N-dealkylation sites (N-methyl/N-ethyl adjacent to an activating group) is 1. The molecule has 21 heavy (non-hydrogen) atoms. The van der Waals surface area contributed by atoms with Gasteiger partial charge in [0.15, 0.2) is 0 Å². The zero-order valence-corrected chi connectivity index (χ0v) is 14.2. The largest absolute Gasteiger partial charge is 0.469 e. The second kappa shape index (κ2) is 8.79. The van der Waals surface area contributed by atoms with E-state index in [1.165, 1.54) is 7.11 Å². The van der Waals surface area contributed by atoms with E-state index >= 15 is 0 Å². The zero-order chi connectivity index (χ0) is 15.8. The topological polar surface area (TPSA) is 49.9 Å². The summed E-state index contributed by atoms with van der Waals surface area (Å²) in [5, 5.41) is 0. The van der Waals surface area contributed by atoms with Crippen LogP contribution in [0, 0.1) is 0 Å². The van der Waals surface area contributed by atoms with Gasteiger partial charge in [-0.15, -0.1) is 0 Å². The molecule has 5 nitrogen and oxygen atoms in total. The Morgan fingerprint density at radius 3 is 2.24 bits per heavy atom. The van der Waals surface area contributed by atoms with Crippen LogP contribution in [0.3, 0.4) is 0 Å². The normalized spacial score (nSPS) is 10.5. The van der Waals surface area contributed by atoms with Crippen LogP contribution in [0.15, 0.2) is 28.7 Å².